The third-order valence-corrected chi connectivity index (χ3v) is 7.47. The highest BCUT2D eigenvalue weighted by molar-refractivity contribution is 6.05. The second-order valence-corrected chi connectivity index (χ2v) is 10.0. The molecule has 3 aromatic rings. The number of hydrogen-bond acceptors (Lipinski definition) is 5. The van der Waals surface area contributed by atoms with E-state index in [9.17, 15) is 36.7 Å². The fraction of sp³-hybridized carbons (Fsp3) is 0.370. The molecule has 41 heavy (non-hydrogen) atoms. The quantitative estimate of drug-likeness (QED) is 0.317. The summed E-state index contributed by atoms with van der Waals surface area (Å²) in [7, 11) is 0. The normalized spacial score (nSPS) is 18.9. The van der Waals surface area contributed by atoms with Gasteiger partial charge >= 0.3 is 12.3 Å². The molecule has 3 N–H and O–H groups in total. The minimum Gasteiger partial charge on any atom is -0.465 e. The van der Waals surface area contributed by atoms with E-state index in [1.165, 1.54) is 27.8 Å². The number of amides is 4. The lowest BCUT2D eigenvalue weighted by molar-refractivity contribution is -0.144. The number of carbonyl (C=O) groups is 4. The standard InChI is InChI=1S/C15H14FN3O5.C12H11F3N2/c16-12-7(5-17-15(23)24)1-2-8-6-19(14(22)11(8)12)9-3-4-10(20)18-13(9)21;13-12(14,15)10-7-8-3-2-6-16-11(8)17(10)9-4-1-5-9/h1-2,9,17H,3-6H2,(H,23,24)(H,18,20,21);2-3,6-7,9H,1,4-5H2. The van der Waals surface area contributed by atoms with Crippen LogP contribution in [0.1, 0.15) is 65.3 Å². The van der Waals surface area contributed by atoms with Crippen molar-refractivity contribution in [1.29, 1.82) is 0 Å². The number of fused-ring (bicyclic) bond motifs is 2. The molecule has 0 spiro atoms. The van der Waals surface area contributed by atoms with Crippen LogP contribution in [0.5, 0.6) is 0 Å². The zero-order chi connectivity index (χ0) is 29.5. The van der Waals surface area contributed by atoms with Gasteiger partial charge in [-0.05, 0) is 49.4 Å². The molecule has 1 atom stereocenters. The van der Waals surface area contributed by atoms with E-state index in [0.29, 0.717) is 16.6 Å². The Morgan fingerprint density at radius 1 is 1.15 bits per heavy atom. The van der Waals surface area contributed by atoms with E-state index in [-0.39, 0.29) is 43.1 Å². The van der Waals surface area contributed by atoms with Crippen LogP contribution in [0, 0.1) is 5.82 Å². The minimum atomic E-state index is -4.31. The predicted octanol–water partition coefficient (Wildman–Crippen LogP) is 4.13. The highest BCUT2D eigenvalue weighted by atomic mass is 19.4. The molecule has 6 rings (SSSR count). The number of pyridine rings is 1. The SMILES string of the molecule is FC(F)(F)c1cc2cccnc2n1C1CCC1.O=C(O)NCc1ccc2c(c1F)C(=O)N(C1CCC(=O)NC1=O)C2. The Morgan fingerprint density at radius 2 is 1.90 bits per heavy atom. The number of imide groups is 1. The van der Waals surface area contributed by atoms with E-state index in [2.05, 4.69) is 10.3 Å². The molecular formula is C27H25F4N5O5. The molecule has 1 aliphatic carbocycles. The van der Waals surface area contributed by atoms with Crippen LogP contribution < -0.4 is 10.6 Å². The number of carbonyl (C=O) groups excluding carboxylic acids is 3. The first-order chi connectivity index (χ1) is 19.5. The van der Waals surface area contributed by atoms with E-state index in [4.69, 9.17) is 5.11 Å². The second kappa shape index (κ2) is 10.8. The molecule has 4 amide bonds. The van der Waals surface area contributed by atoms with Gasteiger partial charge in [-0.1, -0.05) is 12.1 Å². The lowest BCUT2D eigenvalue weighted by Crippen LogP contribution is -2.52. The highest BCUT2D eigenvalue weighted by Gasteiger charge is 2.41. The molecule has 0 bridgehead atoms. The lowest BCUT2D eigenvalue weighted by atomic mass is 9.92. The third-order valence-electron chi connectivity index (χ3n) is 7.47. The molecule has 1 saturated heterocycles. The fourth-order valence-corrected chi connectivity index (χ4v) is 5.25. The summed E-state index contributed by atoms with van der Waals surface area (Å²) in [5.41, 5.74) is 0.209. The summed E-state index contributed by atoms with van der Waals surface area (Å²) in [6, 6.07) is 6.62. The molecule has 1 aromatic carbocycles. The number of piperidine rings is 1. The van der Waals surface area contributed by atoms with Gasteiger partial charge in [0.05, 0.1) is 5.56 Å². The Bertz CT molecular complexity index is 1550. The Balaban J connectivity index is 0.000000174. The van der Waals surface area contributed by atoms with Crippen LogP contribution in [0.3, 0.4) is 0 Å². The lowest BCUT2D eigenvalue weighted by Gasteiger charge is -2.29. The first kappa shape index (κ1) is 28.1. The van der Waals surface area contributed by atoms with Gasteiger partial charge in [0.25, 0.3) is 5.91 Å². The van der Waals surface area contributed by atoms with Crippen LogP contribution in [0.4, 0.5) is 22.4 Å². The van der Waals surface area contributed by atoms with Crippen LogP contribution >= 0.6 is 0 Å². The molecule has 1 unspecified atom stereocenters. The number of benzene rings is 1. The van der Waals surface area contributed by atoms with Crippen molar-refractivity contribution in [3.8, 4) is 0 Å². The van der Waals surface area contributed by atoms with Crippen molar-refractivity contribution in [2.24, 2.45) is 0 Å². The van der Waals surface area contributed by atoms with Crippen molar-refractivity contribution >= 4 is 34.8 Å². The summed E-state index contributed by atoms with van der Waals surface area (Å²) < 4.78 is 54.8. The number of aromatic nitrogens is 2. The van der Waals surface area contributed by atoms with Crippen molar-refractivity contribution in [2.45, 2.75) is 63.5 Å². The first-order valence-corrected chi connectivity index (χ1v) is 12.9. The number of nitrogens with zero attached hydrogens (tertiary/aromatic N) is 3. The maximum atomic E-state index is 14.5. The van der Waals surface area contributed by atoms with E-state index < -0.39 is 47.5 Å². The largest absolute Gasteiger partial charge is 0.465 e. The van der Waals surface area contributed by atoms with Crippen LogP contribution in [0.25, 0.3) is 11.0 Å². The molecule has 10 nitrogen and oxygen atoms in total. The summed E-state index contributed by atoms with van der Waals surface area (Å²) >= 11 is 0. The Kier molecular flexibility index (Phi) is 7.41. The van der Waals surface area contributed by atoms with Gasteiger partial charge in [0.15, 0.2) is 0 Å². The molecule has 1 saturated carbocycles. The monoisotopic (exact) mass is 575 g/mol. The van der Waals surface area contributed by atoms with Gasteiger partial charge < -0.3 is 19.9 Å². The zero-order valence-corrected chi connectivity index (χ0v) is 21.5. The topological polar surface area (TPSA) is 134 Å². The van der Waals surface area contributed by atoms with Gasteiger partial charge in [0.2, 0.25) is 11.8 Å². The van der Waals surface area contributed by atoms with Gasteiger partial charge in [0.1, 0.15) is 23.2 Å². The van der Waals surface area contributed by atoms with Gasteiger partial charge in [-0.2, -0.15) is 13.2 Å². The molecule has 0 radical (unpaired) electrons. The Labute approximate surface area is 230 Å². The number of nitrogens with one attached hydrogen (secondary N) is 2. The van der Waals surface area contributed by atoms with E-state index in [0.717, 1.165) is 19.3 Å². The van der Waals surface area contributed by atoms with Crippen molar-refractivity contribution in [3.05, 3.63) is 64.7 Å². The summed E-state index contributed by atoms with van der Waals surface area (Å²) in [5, 5.41) is 13.4. The van der Waals surface area contributed by atoms with Crippen molar-refractivity contribution in [1.82, 2.24) is 25.1 Å². The molecule has 2 aromatic heterocycles. The molecule has 4 heterocycles. The van der Waals surface area contributed by atoms with Crippen LogP contribution in [-0.4, -0.2) is 49.4 Å². The number of hydrogen-bond donors (Lipinski definition) is 3. The Morgan fingerprint density at radius 3 is 2.54 bits per heavy atom. The van der Waals surface area contributed by atoms with Crippen molar-refractivity contribution < 1.29 is 41.8 Å². The second-order valence-electron chi connectivity index (χ2n) is 10.0. The maximum Gasteiger partial charge on any atom is 0.431 e. The number of carboxylic acid groups (broad SMARTS) is 1. The molecular weight excluding hydrogens is 550 g/mol. The highest BCUT2D eigenvalue weighted by Crippen LogP contribution is 2.41. The summed E-state index contributed by atoms with van der Waals surface area (Å²) in [6.45, 7) is -0.190. The van der Waals surface area contributed by atoms with Gasteiger partial charge in [-0.3, -0.25) is 19.7 Å². The van der Waals surface area contributed by atoms with E-state index in [1.807, 2.05) is 5.32 Å². The smallest absolute Gasteiger partial charge is 0.431 e. The average molecular weight is 576 g/mol. The Hall–Kier alpha value is -4.49. The van der Waals surface area contributed by atoms with Crippen LogP contribution in [-0.2, 0) is 28.9 Å². The van der Waals surface area contributed by atoms with Gasteiger partial charge in [0, 0.05) is 42.7 Å². The van der Waals surface area contributed by atoms with E-state index >= 15 is 0 Å². The molecule has 2 fully saturated rings. The molecule has 2 aliphatic heterocycles. The summed E-state index contributed by atoms with van der Waals surface area (Å²) in [4.78, 5) is 51.5. The van der Waals surface area contributed by atoms with Crippen molar-refractivity contribution in [3.63, 3.8) is 0 Å². The third kappa shape index (κ3) is 5.45. The maximum absolute atomic E-state index is 14.5. The zero-order valence-electron chi connectivity index (χ0n) is 21.5. The minimum absolute atomic E-state index is 0.0426. The van der Waals surface area contributed by atoms with Gasteiger partial charge in [-0.15, -0.1) is 0 Å². The van der Waals surface area contributed by atoms with Gasteiger partial charge in [-0.25, -0.2) is 14.2 Å². The average Bonchev–Trinajstić information content (AvgIpc) is 3.42. The fourth-order valence-electron chi connectivity index (χ4n) is 5.25. The van der Waals surface area contributed by atoms with E-state index in [1.54, 1.807) is 18.2 Å². The van der Waals surface area contributed by atoms with Crippen molar-refractivity contribution in [2.75, 3.05) is 0 Å². The predicted molar refractivity (Wildman–Crippen MR) is 135 cm³/mol. The number of alkyl halides is 3. The number of rotatable bonds is 4. The first-order valence-electron chi connectivity index (χ1n) is 12.9. The summed E-state index contributed by atoms with van der Waals surface area (Å²) in [6.07, 6.45) is -1.15. The molecule has 3 aliphatic rings. The number of halogens is 4. The molecule has 14 heteroatoms. The summed E-state index contributed by atoms with van der Waals surface area (Å²) in [5.74, 6) is -2.38. The van der Waals surface area contributed by atoms with Crippen LogP contribution in [0.15, 0.2) is 36.5 Å². The van der Waals surface area contributed by atoms with Crippen LogP contribution in [0.2, 0.25) is 0 Å². The molecule has 216 valence electrons.